The number of nitrogens with zero attached hydrogens (tertiary/aromatic N) is 2. The molecule has 1 aromatic heterocycles. The SMILES string of the molecule is Cl.Cl.c1cc2cn[nH]c2cc1N1CCNCC1. The van der Waals surface area contributed by atoms with Crippen molar-refractivity contribution in [3.8, 4) is 0 Å². The number of hydrogen-bond acceptors (Lipinski definition) is 3. The minimum atomic E-state index is 0. The Hall–Kier alpha value is -0.970. The lowest BCUT2D eigenvalue weighted by Gasteiger charge is -2.29. The molecule has 2 N–H and O–H groups in total. The molecule has 6 heteroatoms. The van der Waals surface area contributed by atoms with E-state index >= 15 is 0 Å². The molecule has 2 heterocycles. The van der Waals surface area contributed by atoms with Crippen LogP contribution in [-0.4, -0.2) is 36.4 Å². The molecule has 0 aliphatic carbocycles. The van der Waals surface area contributed by atoms with Crippen LogP contribution in [0.4, 0.5) is 5.69 Å². The molecule has 4 nitrogen and oxygen atoms in total. The lowest BCUT2D eigenvalue weighted by Crippen LogP contribution is -2.43. The lowest BCUT2D eigenvalue weighted by atomic mass is 10.2. The summed E-state index contributed by atoms with van der Waals surface area (Å²) in [5.41, 5.74) is 2.40. The molecule has 1 aliphatic heterocycles. The molecule has 0 radical (unpaired) electrons. The summed E-state index contributed by atoms with van der Waals surface area (Å²) in [6.45, 7) is 4.31. The van der Waals surface area contributed by atoms with Crippen LogP contribution in [0.5, 0.6) is 0 Å². The molecule has 17 heavy (non-hydrogen) atoms. The van der Waals surface area contributed by atoms with Gasteiger partial charge in [0, 0.05) is 37.3 Å². The van der Waals surface area contributed by atoms with Crippen LogP contribution < -0.4 is 10.2 Å². The van der Waals surface area contributed by atoms with Gasteiger partial charge in [-0.1, -0.05) is 0 Å². The molecular formula is C11H16Cl2N4. The van der Waals surface area contributed by atoms with Gasteiger partial charge in [-0.3, -0.25) is 5.10 Å². The van der Waals surface area contributed by atoms with E-state index < -0.39 is 0 Å². The van der Waals surface area contributed by atoms with E-state index in [0.717, 1.165) is 31.7 Å². The Morgan fingerprint density at radius 3 is 2.65 bits per heavy atom. The third-order valence-electron chi connectivity index (χ3n) is 2.91. The minimum absolute atomic E-state index is 0. The molecule has 0 spiro atoms. The van der Waals surface area contributed by atoms with E-state index in [1.54, 1.807) is 0 Å². The molecule has 1 fully saturated rings. The molecule has 1 aromatic carbocycles. The third kappa shape index (κ3) is 2.83. The zero-order valence-corrected chi connectivity index (χ0v) is 11.0. The van der Waals surface area contributed by atoms with Gasteiger partial charge in [-0.25, -0.2) is 0 Å². The fourth-order valence-electron chi connectivity index (χ4n) is 2.04. The maximum absolute atomic E-state index is 4.03. The van der Waals surface area contributed by atoms with Crippen LogP contribution in [0.2, 0.25) is 0 Å². The Bertz CT molecular complexity index is 465. The monoisotopic (exact) mass is 274 g/mol. The summed E-state index contributed by atoms with van der Waals surface area (Å²) in [7, 11) is 0. The molecule has 3 rings (SSSR count). The Morgan fingerprint density at radius 1 is 1.12 bits per heavy atom. The van der Waals surface area contributed by atoms with E-state index in [9.17, 15) is 0 Å². The van der Waals surface area contributed by atoms with Gasteiger partial charge in [-0.15, -0.1) is 24.8 Å². The zero-order valence-electron chi connectivity index (χ0n) is 9.35. The molecule has 2 aromatic rings. The van der Waals surface area contributed by atoms with Crippen molar-refractivity contribution < 1.29 is 0 Å². The predicted octanol–water partition coefficient (Wildman–Crippen LogP) is 1.82. The zero-order chi connectivity index (χ0) is 10.1. The van der Waals surface area contributed by atoms with Crippen LogP contribution >= 0.6 is 24.8 Å². The van der Waals surface area contributed by atoms with Gasteiger partial charge in [0.15, 0.2) is 0 Å². The molecule has 1 aliphatic rings. The predicted molar refractivity (Wildman–Crippen MR) is 75.7 cm³/mol. The number of rotatable bonds is 1. The average molecular weight is 275 g/mol. The Kier molecular flexibility index (Phi) is 5.05. The second-order valence-electron chi connectivity index (χ2n) is 3.88. The van der Waals surface area contributed by atoms with E-state index in [0.29, 0.717) is 0 Å². The quantitative estimate of drug-likeness (QED) is 0.834. The third-order valence-corrected chi connectivity index (χ3v) is 2.91. The van der Waals surface area contributed by atoms with E-state index in [1.807, 2.05) is 6.20 Å². The number of nitrogens with one attached hydrogen (secondary N) is 2. The fraction of sp³-hybridized carbons (Fsp3) is 0.364. The van der Waals surface area contributed by atoms with Crippen molar-refractivity contribution in [3.63, 3.8) is 0 Å². The van der Waals surface area contributed by atoms with Crippen molar-refractivity contribution in [3.05, 3.63) is 24.4 Å². The second kappa shape index (κ2) is 6.10. The number of fused-ring (bicyclic) bond motifs is 1. The number of halogens is 2. The highest BCUT2D eigenvalue weighted by molar-refractivity contribution is 5.85. The van der Waals surface area contributed by atoms with Gasteiger partial charge in [0.25, 0.3) is 0 Å². The smallest absolute Gasteiger partial charge is 0.0670 e. The Labute approximate surface area is 113 Å². The maximum Gasteiger partial charge on any atom is 0.0670 e. The normalized spacial score (nSPS) is 15.2. The summed E-state index contributed by atoms with van der Waals surface area (Å²) in [5.74, 6) is 0. The van der Waals surface area contributed by atoms with Crippen LogP contribution in [-0.2, 0) is 0 Å². The molecule has 0 bridgehead atoms. The van der Waals surface area contributed by atoms with Crippen LogP contribution in [0.3, 0.4) is 0 Å². The van der Waals surface area contributed by atoms with Gasteiger partial charge >= 0.3 is 0 Å². The number of aromatic amines is 1. The summed E-state index contributed by atoms with van der Waals surface area (Å²) < 4.78 is 0. The highest BCUT2D eigenvalue weighted by Gasteiger charge is 2.10. The van der Waals surface area contributed by atoms with Gasteiger partial charge < -0.3 is 10.2 Å². The first-order chi connectivity index (χ1) is 7.43. The standard InChI is InChI=1S/C11H14N4.2ClH/c1-2-10(15-5-3-12-4-6-15)7-11-9(1)8-13-14-11;;/h1-2,7-8,12H,3-6H2,(H,13,14);2*1H. The molecule has 0 amide bonds. The highest BCUT2D eigenvalue weighted by atomic mass is 35.5. The van der Waals surface area contributed by atoms with Crippen molar-refractivity contribution >= 4 is 41.4 Å². The first-order valence-electron chi connectivity index (χ1n) is 5.32. The Balaban J connectivity index is 0.000000722. The van der Waals surface area contributed by atoms with Crippen LogP contribution in [0.15, 0.2) is 24.4 Å². The van der Waals surface area contributed by atoms with Crippen molar-refractivity contribution in [2.75, 3.05) is 31.1 Å². The van der Waals surface area contributed by atoms with Crippen LogP contribution in [0.25, 0.3) is 10.9 Å². The lowest BCUT2D eigenvalue weighted by molar-refractivity contribution is 0.589. The summed E-state index contributed by atoms with van der Waals surface area (Å²) >= 11 is 0. The largest absolute Gasteiger partial charge is 0.369 e. The van der Waals surface area contributed by atoms with Gasteiger partial charge in [-0.05, 0) is 18.2 Å². The summed E-state index contributed by atoms with van der Waals surface area (Å²) in [6, 6.07) is 6.47. The molecule has 0 saturated carbocycles. The topological polar surface area (TPSA) is 44.0 Å². The van der Waals surface area contributed by atoms with Crippen molar-refractivity contribution in [2.24, 2.45) is 0 Å². The first kappa shape index (κ1) is 14.1. The summed E-state index contributed by atoms with van der Waals surface area (Å²) in [5, 5.41) is 11.6. The van der Waals surface area contributed by atoms with Crippen LogP contribution in [0, 0.1) is 0 Å². The van der Waals surface area contributed by atoms with Crippen molar-refractivity contribution in [2.45, 2.75) is 0 Å². The maximum atomic E-state index is 4.03. The summed E-state index contributed by atoms with van der Waals surface area (Å²) in [6.07, 6.45) is 1.86. The first-order valence-corrected chi connectivity index (χ1v) is 5.32. The molecule has 0 atom stereocenters. The van der Waals surface area contributed by atoms with Gasteiger partial charge in [0.2, 0.25) is 0 Å². The number of H-pyrrole nitrogens is 1. The number of piperazine rings is 1. The average Bonchev–Trinajstić information content (AvgIpc) is 2.77. The van der Waals surface area contributed by atoms with Gasteiger partial charge in [-0.2, -0.15) is 5.10 Å². The van der Waals surface area contributed by atoms with Crippen molar-refractivity contribution in [1.29, 1.82) is 0 Å². The molecule has 0 unspecified atom stereocenters. The number of hydrogen-bond donors (Lipinski definition) is 2. The fourth-order valence-corrected chi connectivity index (χ4v) is 2.04. The highest BCUT2D eigenvalue weighted by Crippen LogP contribution is 2.20. The molecule has 1 saturated heterocycles. The number of aromatic nitrogens is 2. The molecule has 94 valence electrons. The van der Waals surface area contributed by atoms with Crippen LogP contribution in [0.1, 0.15) is 0 Å². The molecular weight excluding hydrogens is 259 g/mol. The van der Waals surface area contributed by atoms with Gasteiger partial charge in [0.05, 0.1) is 11.7 Å². The van der Waals surface area contributed by atoms with E-state index in [2.05, 4.69) is 38.6 Å². The van der Waals surface area contributed by atoms with Gasteiger partial charge in [0.1, 0.15) is 0 Å². The van der Waals surface area contributed by atoms with E-state index in [4.69, 9.17) is 0 Å². The number of benzene rings is 1. The Morgan fingerprint density at radius 2 is 1.88 bits per heavy atom. The minimum Gasteiger partial charge on any atom is -0.369 e. The summed E-state index contributed by atoms with van der Waals surface area (Å²) in [4.78, 5) is 2.40. The second-order valence-corrected chi connectivity index (χ2v) is 3.88. The van der Waals surface area contributed by atoms with E-state index in [1.165, 1.54) is 11.1 Å². The van der Waals surface area contributed by atoms with E-state index in [-0.39, 0.29) is 24.8 Å². The number of anilines is 1. The van der Waals surface area contributed by atoms with Crippen molar-refractivity contribution in [1.82, 2.24) is 15.5 Å².